The Bertz CT molecular complexity index is 324. The average Bonchev–Trinajstić information content (AvgIpc) is 2.47. The number of hydrogen-bond acceptors (Lipinski definition) is 2. The molecule has 0 amide bonds. The molecule has 1 aliphatic carbocycles. The molecule has 0 aliphatic heterocycles. The van der Waals surface area contributed by atoms with Gasteiger partial charge in [-0.3, -0.25) is 4.68 Å². The molecule has 1 fully saturated rings. The van der Waals surface area contributed by atoms with Crippen LogP contribution in [0.2, 0.25) is 0 Å². The SMILES string of the molecule is CC(C)n1ncc(CCN)c1C1CCC1. The van der Waals surface area contributed by atoms with Gasteiger partial charge >= 0.3 is 0 Å². The summed E-state index contributed by atoms with van der Waals surface area (Å²) in [6, 6.07) is 0.465. The van der Waals surface area contributed by atoms with E-state index in [1.807, 2.05) is 6.20 Å². The van der Waals surface area contributed by atoms with Gasteiger partial charge in [-0.25, -0.2) is 0 Å². The van der Waals surface area contributed by atoms with Crippen LogP contribution in [0.3, 0.4) is 0 Å². The molecule has 0 radical (unpaired) electrons. The standard InChI is InChI=1S/C12H21N3/c1-9(2)15-12(10-4-3-5-10)11(6-7-13)8-14-15/h8-10H,3-7,13H2,1-2H3. The highest BCUT2D eigenvalue weighted by Crippen LogP contribution is 2.38. The van der Waals surface area contributed by atoms with Gasteiger partial charge in [-0.1, -0.05) is 6.42 Å². The minimum absolute atomic E-state index is 0.465. The molecule has 1 saturated carbocycles. The van der Waals surface area contributed by atoms with Crippen LogP contribution in [0.25, 0.3) is 0 Å². The molecule has 1 heterocycles. The predicted molar refractivity (Wildman–Crippen MR) is 62.0 cm³/mol. The normalized spacial score (nSPS) is 17.1. The summed E-state index contributed by atoms with van der Waals surface area (Å²) in [6.45, 7) is 5.12. The average molecular weight is 207 g/mol. The molecule has 84 valence electrons. The van der Waals surface area contributed by atoms with Crippen LogP contribution in [-0.2, 0) is 6.42 Å². The van der Waals surface area contributed by atoms with Crippen molar-refractivity contribution < 1.29 is 0 Å². The molecule has 0 unspecified atom stereocenters. The summed E-state index contributed by atoms with van der Waals surface area (Å²) >= 11 is 0. The second-order valence-corrected chi connectivity index (χ2v) is 4.76. The molecule has 0 aromatic carbocycles. The fraction of sp³-hybridized carbons (Fsp3) is 0.750. The summed E-state index contributed by atoms with van der Waals surface area (Å²) in [4.78, 5) is 0. The zero-order valence-corrected chi connectivity index (χ0v) is 9.74. The molecular formula is C12H21N3. The van der Waals surface area contributed by atoms with E-state index in [0.29, 0.717) is 6.04 Å². The molecule has 1 aliphatic rings. The Balaban J connectivity index is 2.30. The molecule has 0 bridgehead atoms. The summed E-state index contributed by atoms with van der Waals surface area (Å²) in [6.07, 6.45) is 7.01. The summed E-state index contributed by atoms with van der Waals surface area (Å²) in [7, 11) is 0. The van der Waals surface area contributed by atoms with Crippen molar-refractivity contribution in [3.63, 3.8) is 0 Å². The van der Waals surface area contributed by atoms with Crippen LogP contribution in [0.1, 0.15) is 56.3 Å². The van der Waals surface area contributed by atoms with Gasteiger partial charge in [0.05, 0.1) is 6.20 Å². The van der Waals surface area contributed by atoms with Gasteiger partial charge in [0.25, 0.3) is 0 Å². The molecule has 0 saturated heterocycles. The van der Waals surface area contributed by atoms with Gasteiger partial charge in [0.2, 0.25) is 0 Å². The van der Waals surface area contributed by atoms with Crippen LogP contribution in [0, 0.1) is 0 Å². The number of nitrogens with zero attached hydrogens (tertiary/aromatic N) is 2. The maximum Gasteiger partial charge on any atom is 0.0525 e. The van der Waals surface area contributed by atoms with Gasteiger partial charge in [0.1, 0.15) is 0 Å². The van der Waals surface area contributed by atoms with Crippen LogP contribution >= 0.6 is 0 Å². The Morgan fingerprint density at radius 1 is 1.53 bits per heavy atom. The van der Waals surface area contributed by atoms with Crippen molar-refractivity contribution in [2.75, 3.05) is 6.54 Å². The summed E-state index contributed by atoms with van der Waals surface area (Å²) in [5.41, 5.74) is 8.47. The summed E-state index contributed by atoms with van der Waals surface area (Å²) in [5.74, 6) is 0.747. The number of aromatic nitrogens is 2. The topological polar surface area (TPSA) is 43.8 Å². The van der Waals surface area contributed by atoms with Gasteiger partial charge < -0.3 is 5.73 Å². The van der Waals surface area contributed by atoms with Gasteiger partial charge in [0, 0.05) is 17.7 Å². The zero-order valence-electron chi connectivity index (χ0n) is 9.74. The van der Waals surface area contributed by atoms with E-state index in [1.165, 1.54) is 30.5 Å². The molecule has 3 nitrogen and oxygen atoms in total. The van der Waals surface area contributed by atoms with Gasteiger partial charge in [-0.15, -0.1) is 0 Å². The summed E-state index contributed by atoms with van der Waals surface area (Å²) in [5, 5.41) is 4.50. The molecule has 3 heteroatoms. The monoisotopic (exact) mass is 207 g/mol. The van der Waals surface area contributed by atoms with E-state index in [1.54, 1.807) is 0 Å². The van der Waals surface area contributed by atoms with E-state index in [-0.39, 0.29) is 0 Å². The lowest BCUT2D eigenvalue weighted by Crippen LogP contribution is -2.18. The fourth-order valence-corrected chi connectivity index (χ4v) is 2.30. The molecule has 1 aromatic rings. The van der Waals surface area contributed by atoms with E-state index in [0.717, 1.165) is 18.9 Å². The molecule has 0 spiro atoms. The first-order valence-corrected chi connectivity index (χ1v) is 6.00. The quantitative estimate of drug-likeness (QED) is 0.822. The predicted octanol–water partition coefficient (Wildman–Crippen LogP) is 2.23. The molecule has 1 aromatic heterocycles. The minimum Gasteiger partial charge on any atom is -0.330 e. The lowest BCUT2D eigenvalue weighted by atomic mass is 9.81. The Morgan fingerprint density at radius 3 is 2.73 bits per heavy atom. The van der Waals surface area contributed by atoms with Crippen molar-refractivity contribution in [1.82, 2.24) is 9.78 Å². The van der Waals surface area contributed by atoms with Crippen molar-refractivity contribution in [3.8, 4) is 0 Å². The summed E-state index contributed by atoms with van der Waals surface area (Å²) < 4.78 is 2.19. The van der Waals surface area contributed by atoms with Crippen molar-refractivity contribution in [3.05, 3.63) is 17.5 Å². The molecule has 2 rings (SSSR count). The minimum atomic E-state index is 0.465. The molecule has 0 atom stereocenters. The number of hydrogen-bond donors (Lipinski definition) is 1. The van der Waals surface area contributed by atoms with Gasteiger partial charge in [0.15, 0.2) is 0 Å². The Hall–Kier alpha value is -0.830. The van der Waals surface area contributed by atoms with E-state index < -0.39 is 0 Å². The third kappa shape index (κ3) is 1.93. The van der Waals surface area contributed by atoms with Crippen LogP contribution in [0.5, 0.6) is 0 Å². The Labute approximate surface area is 91.7 Å². The second-order valence-electron chi connectivity index (χ2n) is 4.76. The zero-order chi connectivity index (χ0) is 10.8. The Kier molecular flexibility index (Phi) is 3.10. The maximum atomic E-state index is 5.64. The Morgan fingerprint density at radius 2 is 2.27 bits per heavy atom. The third-order valence-electron chi connectivity index (χ3n) is 3.31. The molecule has 2 N–H and O–H groups in total. The highest BCUT2D eigenvalue weighted by Gasteiger charge is 2.26. The van der Waals surface area contributed by atoms with E-state index >= 15 is 0 Å². The molecular weight excluding hydrogens is 186 g/mol. The third-order valence-corrected chi connectivity index (χ3v) is 3.31. The highest BCUT2D eigenvalue weighted by atomic mass is 15.3. The van der Waals surface area contributed by atoms with Crippen molar-refractivity contribution in [2.24, 2.45) is 5.73 Å². The highest BCUT2D eigenvalue weighted by molar-refractivity contribution is 5.24. The molecule has 15 heavy (non-hydrogen) atoms. The van der Waals surface area contributed by atoms with Crippen molar-refractivity contribution in [2.45, 2.75) is 51.5 Å². The largest absolute Gasteiger partial charge is 0.330 e. The van der Waals surface area contributed by atoms with Gasteiger partial charge in [-0.05, 0) is 45.2 Å². The van der Waals surface area contributed by atoms with E-state index in [4.69, 9.17) is 5.73 Å². The first-order chi connectivity index (χ1) is 7.24. The maximum absolute atomic E-state index is 5.64. The van der Waals surface area contributed by atoms with Crippen LogP contribution < -0.4 is 5.73 Å². The number of rotatable bonds is 4. The lowest BCUT2D eigenvalue weighted by molar-refractivity contribution is 0.373. The van der Waals surface area contributed by atoms with Crippen LogP contribution in [0.4, 0.5) is 0 Å². The lowest BCUT2D eigenvalue weighted by Gasteiger charge is -2.28. The van der Waals surface area contributed by atoms with Gasteiger partial charge in [-0.2, -0.15) is 5.10 Å². The fourth-order valence-electron chi connectivity index (χ4n) is 2.30. The van der Waals surface area contributed by atoms with Crippen LogP contribution in [-0.4, -0.2) is 16.3 Å². The van der Waals surface area contributed by atoms with Crippen LogP contribution in [0.15, 0.2) is 6.20 Å². The van der Waals surface area contributed by atoms with E-state index in [2.05, 4.69) is 23.6 Å². The second kappa shape index (κ2) is 4.35. The first-order valence-electron chi connectivity index (χ1n) is 6.00. The van der Waals surface area contributed by atoms with Crippen molar-refractivity contribution in [1.29, 1.82) is 0 Å². The van der Waals surface area contributed by atoms with Crippen molar-refractivity contribution >= 4 is 0 Å². The number of nitrogens with two attached hydrogens (primary N) is 1. The first kappa shape index (κ1) is 10.7. The van der Waals surface area contributed by atoms with E-state index in [9.17, 15) is 0 Å². The smallest absolute Gasteiger partial charge is 0.0525 e.